The number of thiophene rings is 1. The van der Waals surface area contributed by atoms with Gasteiger partial charge in [0, 0.05) is 49.1 Å². The molecule has 0 amide bonds. The molecule has 0 spiro atoms. The van der Waals surface area contributed by atoms with Crippen LogP contribution in [0, 0.1) is 18.8 Å². The van der Waals surface area contributed by atoms with Gasteiger partial charge in [-0.05, 0) is 94.8 Å². The summed E-state index contributed by atoms with van der Waals surface area (Å²) >= 11 is 1.73. The predicted octanol–water partition coefficient (Wildman–Crippen LogP) is 5.37. The van der Waals surface area contributed by atoms with E-state index in [9.17, 15) is 14.7 Å². The largest absolute Gasteiger partial charge is 0.481 e. The highest BCUT2D eigenvalue weighted by molar-refractivity contribution is 7.17. The highest BCUT2D eigenvalue weighted by Crippen LogP contribution is 2.42. The van der Waals surface area contributed by atoms with Gasteiger partial charge in [0.2, 0.25) is 5.56 Å². The van der Waals surface area contributed by atoms with Gasteiger partial charge in [0.1, 0.15) is 5.52 Å². The Labute approximate surface area is 241 Å². The minimum absolute atomic E-state index is 0.0101. The average molecular weight is 568 g/mol. The fourth-order valence-electron chi connectivity index (χ4n) is 6.80. The number of aromatic nitrogens is 4. The van der Waals surface area contributed by atoms with E-state index in [0.717, 1.165) is 64.2 Å². The van der Waals surface area contributed by atoms with Crippen molar-refractivity contribution in [1.29, 1.82) is 0 Å². The van der Waals surface area contributed by atoms with Crippen LogP contribution in [0.4, 0.5) is 0 Å². The first-order valence-electron chi connectivity index (χ1n) is 14.3. The molecule has 3 aromatic heterocycles. The second-order valence-electron chi connectivity index (χ2n) is 11.8. The first-order valence-corrected chi connectivity index (χ1v) is 15.2. The van der Waals surface area contributed by atoms with Gasteiger partial charge < -0.3 is 10.1 Å². The fourth-order valence-corrected chi connectivity index (χ4v) is 7.69. The van der Waals surface area contributed by atoms with Gasteiger partial charge in [0.05, 0.1) is 11.9 Å². The minimum atomic E-state index is -0.832. The lowest BCUT2D eigenvalue weighted by Gasteiger charge is -2.26. The van der Waals surface area contributed by atoms with Gasteiger partial charge in [-0.1, -0.05) is 23.4 Å². The number of aliphatic carboxylic acids is 1. The molecule has 2 aliphatic rings. The quantitative estimate of drug-likeness (QED) is 0.274. The molecule has 8 nitrogen and oxygen atoms in total. The number of carboxylic acids is 1. The van der Waals surface area contributed by atoms with Gasteiger partial charge in [-0.2, -0.15) is 0 Å². The van der Waals surface area contributed by atoms with Crippen LogP contribution in [0.15, 0.2) is 52.6 Å². The number of fused-ring (bicyclic) bond motifs is 3. The monoisotopic (exact) mass is 567 g/mol. The van der Waals surface area contributed by atoms with Crippen LogP contribution in [-0.2, 0) is 31.4 Å². The van der Waals surface area contributed by atoms with Crippen molar-refractivity contribution in [2.75, 3.05) is 6.54 Å². The number of aromatic amines is 1. The standard InChI is InChI=1S/C32H33N5O3S/c1-18-25(6-7-28-31(18)34-35-36(28)2)26(14-30(39)40)22-12-21-9-10-41-32(21)24(13-22)16-37-15-23(19-3-4-19)11-20-5-8-29(38)33-27(20)17-37/h5-10,12-13,19,23,26H,3-4,11,14-17H2,1-2H3,(H,33,38)(H,39,40)/t23?,26-/m1/s1. The van der Waals surface area contributed by atoms with E-state index < -0.39 is 5.97 Å². The SMILES string of the molecule is Cc1c([C@H](CC(=O)O)c2cc(CN3Cc4[nH]c(=O)ccc4CC(C4CC4)C3)c3sccc3c2)ccc2c1nnn2C. The van der Waals surface area contributed by atoms with E-state index in [1.54, 1.807) is 22.1 Å². The molecule has 2 aromatic carbocycles. The highest BCUT2D eigenvalue weighted by atomic mass is 32.1. The molecule has 0 saturated heterocycles. The number of rotatable bonds is 7. The molecular weight excluding hydrogens is 534 g/mol. The van der Waals surface area contributed by atoms with Crippen LogP contribution in [-0.4, -0.2) is 42.5 Å². The van der Waals surface area contributed by atoms with Crippen molar-refractivity contribution < 1.29 is 9.90 Å². The van der Waals surface area contributed by atoms with Crippen LogP contribution >= 0.6 is 11.3 Å². The molecule has 9 heteroatoms. The Kier molecular flexibility index (Phi) is 6.51. The normalized spacial score (nSPS) is 18.4. The maximum absolute atomic E-state index is 12.2. The topological polar surface area (TPSA) is 104 Å². The molecule has 7 rings (SSSR count). The number of pyridine rings is 1. The van der Waals surface area contributed by atoms with Crippen LogP contribution in [0.3, 0.4) is 0 Å². The van der Waals surface area contributed by atoms with E-state index in [-0.39, 0.29) is 17.9 Å². The van der Waals surface area contributed by atoms with Gasteiger partial charge in [-0.15, -0.1) is 16.4 Å². The Morgan fingerprint density at radius 2 is 2.02 bits per heavy atom. The smallest absolute Gasteiger partial charge is 0.304 e. The lowest BCUT2D eigenvalue weighted by molar-refractivity contribution is -0.137. The maximum Gasteiger partial charge on any atom is 0.304 e. The molecule has 1 aliphatic heterocycles. The van der Waals surface area contributed by atoms with Crippen LogP contribution in [0.5, 0.6) is 0 Å². The summed E-state index contributed by atoms with van der Waals surface area (Å²) in [6.07, 6.45) is 3.57. The van der Waals surface area contributed by atoms with Gasteiger partial charge in [-0.3, -0.25) is 14.5 Å². The number of aryl methyl sites for hydroxylation is 2. The number of hydrogen-bond acceptors (Lipinski definition) is 6. The number of hydrogen-bond donors (Lipinski definition) is 2. The molecular formula is C32H33N5O3S. The second kappa shape index (κ2) is 10.2. The third-order valence-corrected chi connectivity index (χ3v) is 10.0. The van der Waals surface area contributed by atoms with Crippen LogP contribution < -0.4 is 5.56 Å². The van der Waals surface area contributed by atoms with E-state index >= 15 is 0 Å². The summed E-state index contributed by atoms with van der Waals surface area (Å²) in [5.74, 6) is 0.177. The van der Waals surface area contributed by atoms with E-state index in [1.807, 2.05) is 32.2 Å². The molecule has 0 bridgehead atoms. The van der Waals surface area contributed by atoms with Crippen molar-refractivity contribution in [3.63, 3.8) is 0 Å². The van der Waals surface area contributed by atoms with Crippen LogP contribution in [0.1, 0.15) is 58.7 Å². The number of carboxylic acid groups (broad SMARTS) is 1. The van der Waals surface area contributed by atoms with Crippen molar-refractivity contribution >= 4 is 38.4 Å². The van der Waals surface area contributed by atoms with Crippen LogP contribution in [0.2, 0.25) is 0 Å². The number of nitrogens with zero attached hydrogens (tertiary/aromatic N) is 4. The van der Waals surface area contributed by atoms with Gasteiger partial charge >= 0.3 is 5.97 Å². The van der Waals surface area contributed by atoms with Crippen molar-refractivity contribution in [3.05, 3.63) is 91.7 Å². The lowest BCUT2D eigenvalue weighted by atomic mass is 9.84. The number of carbonyl (C=O) groups is 1. The summed E-state index contributed by atoms with van der Waals surface area (Å²) in [6.45, 7) is 4.44. The molecule has 0 radical (unpaired) electrons. The van der Waals surface area contributed by atoms with Crippen molar-refractivity contribution in [3.8, 4) is 0 Å². The first kappa shape index (κ1) is 26.1. The fraction of sp³-hybridized carbons (Fsp3) is 0.375. The molecule has 1 aliphatic carbocycles. The zero-order valence-corrected chi connectivity index (χ0v) is 24.1. The van der Waals surface area contributed by atoms with E-state index in [0.29, 0.717) is 12.5 Å². The molecule has 210 valence electrons. The van der Waals surface area contributed by atoms with E-state index in [1.165, 1.54) is 28.7 Å². The summed E-state index contributed by atoms with van der Waals surface area (Å²) < 4.78 is 2.98. The predicted molar refractivity (Wildman–Crippen MR) is 160 cm³/mol. The molecule has 1 unspecified atom stereocenters. The molecule has 2 N–H and O–H groups in total. The summed E-state index contributed by atoms with van der Waals surface area (Å²) in [4.78, 5) is 30.0. The molecule has 2 atom stereocenters. The lowest BCUT2D eigenvalue weighted by Crippen LogP contribution is -2.29. The van der Waals surface area contributed by atoms with E-state index in [2.05, 4.69) is 43.8 Å². The number of benzene rings is 2. The molecule has 4 heterocycles. The summed E-state index contributed by atoms with van der Waals surface area (Å²) in [5.41, 5.74) is 8.11. The number of H-pyrrole nitrogens is 1. The Morgan fingerprint density at radius 3 is 2.83 bits per heavy atom. The zero-order valence-electron chi connectivity index (χ0n) is 23.3. The maximum atomic E-state index is 12.2. The van der Waals surface area contributed by atoms with Crippen molar-refractivity contribution in [2.45, 2.75) is 51.6 Å². The summed E-state index contributed by atoms with van der Waals surface area (Å²) in [7, 11) is 1.87. The molecule has 41 heavy (non-hydrogen) atoms. The Morgan fingerprint density at radius 1 is 1.17 bits per heavy atom. The summed E-state index contributed by atoms with van der Waals surface area (Å²) in [5, 5.41) is 21.8. The third kappa shape index (κ3) is 4.97. The van der Waals surface area contributed by atoms with Gasteiger partial charge in [0.15, 0.2) is 0 Å². The zero-order chi connectivity index (χ0) is 28.2. The highest BCUT2D eigenvalue weighted by Gasteiger charge is 2.35. The average Bonchev–Trinajstić information content (AvgIpc) is 3.60. The minimum Gasteiger partial charge on any atom is -0.481 e. The summed E-state index contributed by atoms with van der Waals surface area (Å²) in [6, 6.07) is 14.2. The second-order valence-corrected chi connectivity index (χ2v) is 12.7. The number of nitrogens with one attached hydrogen (secondary N) is 1. The van der Waals surface area contributed by atoms with Crippen molar-refractivity contribution in [2.24, 2.45) is 18.9 Å². The molecule has 1 saturated carbocycles. The Balaban J connectivity index is 1.29. The van der Waals surface area contributed by atoms with E-state index in [4.69, 9.17) is 0 Å². The van der Waals surface area contributed by atoms with Gasteiger partial charge in [-0.25, -0.2) is 4.68 Å². The molecule has 5 aromatic rings. The first-order chi connectivity index (χ1) is 19.8. The van der Waals surface area contributed by atoms with Crippen molar-refractivity contribution in [1.82, 2.24) is 24.9 Å². The third-order valence-electron chi connectivity index (χ3n) is 9.02. The van der Waals surface area contributed by atoms with Gasteiger partial charge in [0.25, 0.3) is 0 Å². The Hall–Kier alpha value is -3.82. The Bertz CT molecular complexity index is 1850. The molecule has 1 fully saturated rings. The van der Waals surface area contributed by atoms with Crippen LogP contribution in [0.25, 0.3) is 21.1 Å².